The maximum atomic E-state index is 11.6. The number of likely N-dealkylation sites (tertiary alicyclic amines) is 1. The largest absolute Gasteiger partial charge is 0.393 e. The van der Waals surface area contributed by atoms with E-state index in [0.29, 0.717) is 19.5 Å². The molecule has 15 heavy (non-hydrogen) atoms. The summed E-state index contributed by atoms with van der Waals surface area (Å²) in [6.07, 6.45) is 3.94. The summed E-state index contributed by atoms with van der Waals surface area (Å²) in [5, 5.41) is 9.30. The van der Waals surface area contributed by atoms with E-state index in [1.807, 2.05) is 12.1 Å². The third kappa shape index (κ3) is 2.53. The second-order valence-electron chi connectivity index (χ2n) is 3.82. The number of rotatable bonds is 2. The Bertz CT molecular complexity index is 340. The van der Waals surface area contributed by atoms with Crippen molar-refractivity contribution < 1.29 is 9.90 Å². The Morgan fingerprint density at radius 2 is 2.47 bits per heavy atom. The smallest absolute Gasteiger partial charge is 0.225 e. The summed E-state index contributed by atoms with van der Waals surface area (Å²) in [6.45, 7) is 1.23. The zero-order valence-electron chi connectivity index (χ0n) is 8.47. The van der Waals surface area contributed by atoms with Crippen LogP contribution in [0.5, 0.6) is 0 Å². The molecule has 0 saturated carbocycles. The first kappa shape index (κ1) is 10.1. The fourth-order valence-electron chi connectivity index (χ4n) is 1.74. The zero-order valence-corrected chi connectivity index (χ0v) is 8.47. The Balaban J connectivity index is 1.98. The van der Waals surface area contributed by atoms with E-state index in [4.69, 9.17) is 0 Å². The van der Waals surface area contributed by atoms with Gasteiger partial charge in [0, 0.05) is 25.5 Å². The van der Waals surface area contributed by atoms with Gasteiger partial charge in [0.05, 0.1) is 12.5 Å². The third-order valence-corrected chi connectivity index (χ3v) is 2.59. The van der Waals surface area contributed by atoms with Crippen molar-refractivity contribution >= 4 is 5.91 Å². The van der Waals surface area contributed by atoms with Crippen molar-refractivity contribution in [3.05, 3.63) is 30.1 Å². The van der Waals surface area contributed by atoms with Crippen molar-refractivity contribution in [2.24, 2.45) is 0 Å². The van der Waals surface area contributed by atoms with Crippen LogP contribution in [0.15, 0.2) is 24.5 Å². The van der Waals surface area contributed by atoms with Gasteiger partial charge in [-0.3, -0.25) is 9.78 Å². The van der Waals surface area contributed by atoms with Crippen LogP contribution >= 0.6 is 0 Å². The highest BCUT2D eigenvalue weighted by molar-refractivity contribution is 5.77. The second-order valence-corrected chi connectivity index (χ2v) is 3.82. The zero-order chi connectivity index (χ0) is 10.7. The highest BCUT2D eigenvalue weighted by atomic mass is 16.3. The summed E-state index contributed by atoms with van der Waals surface area (Å²) in [5.41, 5.74) is 1.03. The van der Waals surface area contributed by atoms with Crippen LogP contribution in [0.3, 0.4) is 0 Å². The summed E-state index contributed by atoms with van der Waals surface area (Å²) in [4.78, 5) is 17.3. The third-order valence-electron chi connectivity index (χ3n) is 2.59. The molecule has 1 aromatic heterocycles. The van der Waals surface area contributed by atoms with Crippen LogP contribution in [0.4, 0.5) is 0 Å². The second kappa shape index (κ2) is 4.40. The molecular weight excluding hydrogens is 192 g/mol. The van der Waals surface area contributed by atoms with Crippen molar-refractivity contribution in [1.29, 1.82) is 0 Å². The minimum absolute atomic E-state index is 0.0256. The van der Waals surface area contributed by atoms with Crippen LogP contribution < -0.4 is 0 Å². The van der Waals surface area contributed by atoms with Gasteiger partial charge in [-0.25, -0.2) is 0 Å². The Morgan fingerprint density at radius 3 is 3.13 bits per heavy atom. The summed E-state index contributed by atoms with van der Waals surface area (Å²) < 4.78 is 0. The number of pyridine rings is 1. The standard InChI is InChI=1S/C11H14N2O2/c14-10-3-5-13(11(15)6-10)8-9-2-1-4-12-7-9/h1-2,4,7,10,14H,3,5-6,8H2. The van der Waals surface area contributed by atoms with Gasteiger partial charge >= 0.3 is 0 Å². The van der Waals surface area contributed by atoms with Gasteiger partial charge in [-0.1, -0.05) is 6.07 Å². The molecule has 1 N–H and O–H groups in total. The molecule has 1 unspecified atom stereocenters. The first-order valence-corrected chi connectivity index (χ1v) is 5.10. The molecule has 1 aliphatic heterocycles. The fraction of sp³-hybridized carbons (Fsp3) is 0.455. The van der Waals surface area contributed by atoms with Gasteiger partial charge in [-0.2, -0.15) is 0 Å². The Kier molecular flexibility index (Phi) is 2.97. The van der Waals surface area contributed by atoms with E-state index < -0.39 is 6.10 Å². The molecule has 4 heteroatoms. The Morgan fingerprint density at radius 1 is 1.60 bits per heavy atom. The van der Waals surface area contributed by atoms with Crippen molar-refractivity contribution in [2.75, 3.05) is 6.54 Å². The van der Waals surface area contributed by atoms with Crippen molar-refractivity contribution in [1.82, 2.24) is 9.88 Å². The van der Waals surface area contributed by atoms with Gasteiger partial charge in [0.2, 0.25) is 5.91 Å². The predicted molar refractivity (Wildman–Crippen MR) is 54.9 cm³/mol. The van der Waals surface area contributed by atoms with E-state index in [2.05, 4.69) is 4.98 Å². The van der Waals surface area contributed by atoms with E-state index in [0.717, 1.165) is 5.56 Å². The molecule has 0 radical (unpaired) electrons. The normalized spacial score (nSPS) is 21.8. The van der Waals surface area contributed by atoms with Crippen LogP contribution in [-0.2, 0) is 11.3 Å². The quantitative estimate of drug-likeness (QED) is 0.769. The first-order chi connectivity index (χ1) is 7.25. The van der Waals surface area contributed by atoms with E-state index in [1.54, 1.807) is 17.3 Å². The Hall–Kier alpha value is -1.42. The number of carbonyl (C=O) groups is 1. The van der Waals surface area contributed by atoms with Gasteiger partial charge in [0.15, 0.2) is 0 Å². The number of aromatic nitrogens is 1. The van der Waals surface area contributed by atoms with Gasteiger partial charge in [-0.15, -0.1) is 0 Å². The van der Waals surface area contributed by atoms with Crippen LogP contribution in [0.2, 0.25) is 0 Å². The molecule has 1 saturated heterocycles. The molecule has 1 aliphatic rings. The summed E-state index contributed by atoms with van der Waals surface area (Å²) in [5.74, 6) is 0.0256. The topological polar surface area (TPSA) is 53.4 Å². The molecule has 0 spiro atoms. The van der Waals surface area contributed by atoms with Crippen molar-refractivity contribution in [3.63, 3.8) is 0 Å². The molecular formula is C11H14N2O2. The highest BCUT2D eigenvalue weighted by Gasteiger charge is 2.23. The lowest BCUT2D eigenvalue weighted by Crippen LogP contribution is -2.40. The van der Waals surface area contributed by atoms with Crippen LogP contribution in [0.1, 0.15) is 18.4 Å². The molecule has 1 aromatic rings. The van der Waals surface area contributed by atoms with Gasteiger partial charge in [0.25, 0.3) is 0 Å². The summed E-state index contributed by atoms with van der Waals surface area (Å²) in [6, 6.07) is 3.81. The van der Waals surface area contributed by atoms with Crippen LogP contribution in [0.25, 0.3) is 0 Å². The minimum Gasteiger partial charge on any atom is -0.393 e. The monoisotopic (exact) mass is 206 g/mol. The molecule has 4 nitrogen and oxygen atoms in total. The number of hydrogen-bond donors (Lipinski definition) is 1. The first-order valence-electron chi connectivity index (χ1n) is 5.10. The number of hydrogen-bond acceptors (Lipinski definition) is 3. The number of carbonyl (C=O) groups excluding carboxylic acids is 1. The predicted octanol–water partition coefficient (Wildman–Crippen LogP) is 0.565. The maximum absolute atomic E-state index is 11.6. The lowest BCUT2D eigenvalue weighted by Gasteiger charge is -2.29. The average molecular weight is 206 g/mol. The van der Waals surface area contributed by atoms with Crippen LogP contribution in [-0.4, -0.2) is 33.5 Å². The van der Waals surface area contributed by atoms with Crippen molar-refractivity contribution in [3.8, 4) is 0 Å². The molecule has 0 aromatic carbocycles. The summed E-state index contributed by atoms with van der Waals surface area (Å²) in [7, 11) is 0. The molecule has 0 bridgehead atoms. The lowest BCUT2D eigenvalue weighted by atomic mass is 10.1. The van der Waals surface area contributed by atoms with E-state index in [9.17, 15) is 9.90 Å². The number of nitrogens with zero attached hydrogens (tertiary/aromatic N) is 2. The number of aliphatic hydroxyl groups is 1. The highest BCUT2D eigenvalue weighted by Crippen LogP contribution is 2.14. The number of amides is 1. The van der Waals surface area contributed by atoms with E-state index >= 15 is 0 Å². The number of aliphatic hydroxyl groups excluding tert-OH is 1. The van der Waals surface area contributed by atoms with Gasteiger partial charge in [0.1, 0.15) is 0 Å². The lowest BCUT2D eigenvalue weighted by molar-refractivity contribution is -0.137. The molecule has 0 aliphatic carbocycles. The van der Waals surface area contributed by atoms with E-state index in [-0.39, 0.29) is 12.3 Å². The fourth-order valence-corrected chi connectivity index (χ4v) is 1.74. The van der Waals surface area contributed by atoms with Crippen LogP contribution in [0, 0.1) is 0 Å². The van der Waals surface area contributed by atoms with E-state index in [1.165, 1.54) is 0 Å². The molecule has 80 valence electrons. The SMILES string of the molecule is O=C1CC(O)CCN1Cc1cccnc1. The minimum atomic E-state index is -0.456. The molecule has 2 heterocycles. The number of piperidine rings is 1. The molecule has 1 atom stereocenters. The molecule has 1 amide bonds. The van der Waals surface area contributed by atoms with Gasteiger partial charge in [-0.05, 0) is 18.1 Å². The molecule has 2 rings (SSSR count). The summed E-state index contributed by atoms with van der Waals surface area (Å²) >= 11 is 0. The maximum Gasteiger partial charge on any atom is 0.225 e. The van der Waals surface area contributed by atoms with Gasteiger partial charge < -0.3 is 10.0 Å². The Labute approximate surface area is 88.6 Å². The molecule has 1 fully saturated rings. The average Bonchev–Trinajstić information content (AvgIpc) is 2.24. The van der Waals surface area contributed by atoms with Crippen molar-refractivity contribution in [2.45, 2.75) is 25.5 Å².